The van der Waals surface area contributed by atoms with Crippen LogP contribution in [0.2, 0.25) is 0 Å². The van der Waals surface area contributed by atoms with Crippen molar-refractivity contribution in [3.05, 3.63) is 30.4 Å². The van der Waals surface area contributed by atoms with Crippen LogP contribution in [0.25, 0.3) is 0 Å². The predicted octanol–water partition coefficient (Wildman–Crippen LogP) is 2.39. The van der Waals surface area contributed by atoms with Gasteiger partial charge in [-0.15, -0.1) is 6.58 Å². The quantitative estimate of drug-likeness (QED) is 0.502. The summed E-state index contributed by atoms with van der Waals surface area (Å²) in [4.78, 5) is 0. The summed E-state index contributed by atoms with van der Waals surface area (Å²) < 4.78 is 21.4. The van der Waals surface area contributed by atoms with Crippen molar-refractivity contribution in [2.75, 3.05) is 41.1 Å². The van der Waals surface area contributed by atoms with Crippen LogP contribution < -0.4 is 19.5 Å². The van der Waals surface area contributed by atoms with E-state index < -0.39 is 0 Å². The first-order chi connectivity index (χ1) is 10.3. The molecule has 0 aliphatic carbocycles. The van der Waals surface area contributed by atoms with Gasteiger partial charge in [-0.3, -0.25) is 0 Å². The fourth-order valence-electron chi connectivity index (χ4n) is 1.87. The molecule has 0 atom stereocenters. The number of hydrogen-bond donors (Lipinski definition) is 1. The van der Waals surface area contributed by atoms with E-state index >= 15 is 0 Å². The highest BCUT2D eigenvalue weighted by Crippen LogP contribution is 2.34. The Labute approximate surface area is 126 Å². The summed E-state index contributed by atoms with van der Waals surface area (Å²) in [6.07, 6.45) is 2.73. The number of hydrogen-bond acceptors (Lipinski definition) is 5. The van der Waals surface area contributed by atoms with Crippen molar-refractivity contribution in [3.63, 3.8) is 0 Å². The molecule has 1 aromatic carbocycles. The van der Waals surface area contributed by atoms with Crippen molar-refractivity contribution >= 4 is 0 Å². The summed E-state index contributed by atoms with van der Waals surface area (Å²) in [7, 11) is 4.87. The molecule has 0 aliphatic heterocycles. The fourth-order valence-corrected chi connectivity index (χ4v) is 1.87. The smallest absolute Gasteiger partial charge is 0.164 e. The molecule has 1 rings (SSSR count). The molecular formula is C16H25NO4. The molecule has 0 radical (unpaired) electrons. The van der Waals surface area contributed by atoms with Crippen LogP contribution in [-0.2, 0) is 11.3 Å². The predicted molar refractivity (Wildman–Crippen MR) is 83.4 cm³/mol. The molecule has 0 saturated carbocycles. The second-order valence-corrected chi connectivity index (χ2v) is 4.39. The zero-order chi connectivity index (χ0) is 15.5. The van der Waals surface area contributed by atoms with Crippen molar-refractivity contribution in [1.29, 1.82) is 0 Å². The van der Waals surface area contributed by atoms with Crippen LogP contribution in [0.15, 0.2) is 24.8 Å². The molecule has 0 fully saturated rings. The minimum Gasteiger partial charge on any atom is -0.496 e. The van der Waals surface area contributed by atoms with Gasteiger partial charge >= 0.3 is 0 Å². The summed E-state index contributed by atoms with van der Waals surface area (Å²) in [6, 6.07) is 3.75. The third-order valence-corrected chi connectivity index (χ3v) is 2.99. The van der Waals surface area contributed by atoms with Crippen LogP contribution >= 0.6 is 0 Å². The van der Waals surface area contributed by atoms with Gasteiger partial charge in [-0.2, -0.15) is 0 Å². The molecule has 1 aromatic rings. The summed E-state index contributed by atoms with van der Waals surface area (Å²) in [6.45, 7) is 6.48. The first-order valence-corrected chi connectivity index (χ1v) is 6.95. The molecule has 0 spiro atoms. The third kappa shape index (κ3) is 5.65. The van der Waals surface area contributed by atoms with Crippen molar-refractivity contribution in [3.8, 4) is 17.2 Å². The number of benzene rings is 1. The molecule has 0 bridgehead atoms. The van der Waals surface area contributed by atoms with Crippen LogP contribution in [0.5, 0.6) is 17.2 Å². The van der Waals surface area contributed by atoms with E-state index in [0.717, 1.165) is 24.3 Å². The molecule has 118 valence electrons. The maximum Gasteiger partial charge on any atom is 0.164 e. The van der Waals surface area contributed by atoms with Crippen molar-refractivity contribution < 1.29 is 18.9 Å². The van der Waals surface area contributed by atoms with Gasteiger partial charge in [-0.25, -0.2) is 0 Å². The van der Waals surface area contributed by atoms with Gasteiger partial charge in [0.25, 0.3) is 0 Å². The van der Waals surface area contributed by atoms with Gasteiger partial charge in [-0.1, -0.05) is 6.08 Å². The number of nitrogens with one attached hydrogen (secondary N) is 1. The van der Waals surface area contributed by atoms with Crippen LogP contribution in [-0.4, -0.2) is 41.1 Å². The number of ether oxygens (including phenoxy) is 4. The minimum absolute atomic E-state index is 0.658. The fraction of sp³-hybridized carbons (Fsp3) is 0.500. The monoisotopic (exact) mass is 295 g/mol. The molecule has 0 aromatic heterocycles. The van der Waals surface area contributed by atoms with E-state index in [1.807, 2.05) is 18.2 Å². The lowest BCUT2D eigenvalue weighted by molar-refractivity contribution is 0.140. The van der Waals surface area contributed by atoms with Gasteiger partial charge in [-0.05, 0) is 12.5 Å². The highest BCUT2D eigenvalue weighted by Gasteiger charge is 2.11. The van der Waals surface area contributed by atoms with Crippen LogP contribution in [0.3, 0.4) is 0 Å². The molecule has 5 nitrogen and oxygen atoms in total. The molecule has 0 saturated heterocycles. The normalized spacial score (nSPS) is 10.2. The van der Waals surface area contributed by atoms with Crippen molar-refractivity contribution in [2.45, 2.75) is 13.0 Å². The van der Waals surface area contributed by atoms with Crippen molar-refractivity contribution in [1.82, 2.24) is 5.32 Å². The lowest BCUT2D eigenvalue weighted by Crippen LogP contribution is -2.20. The van der Waals surface area contributed by atoms with Crippen LogP contribution in [0.4, 0.5) is 0 Å². The van der Waals surface area contributed by atoms with E-state index in [9.17, 15) is 0 Å². The van der Waals surface area contributed by atoms with E-state index in [1.165, 1.54) is 0 Å². The number of rotatable bonds is 11. The Hall–Kier alpha value is -1.72. The topological polar surface area (TPSA) is 49.0 Å². The van der Waals surface area contributed by atoms with Crippen LogP contribution in [0, 0.1) is 0 Å². The average Bonchev–Trinajstić information content (AvgIpc) is 2.53. The first kappa shape index (κ1) is 17.3. The van der Waals surface area contributed by atoms with E-state index in [0.29, 0.717) is 31.3 Å². The Morgan fingerprint density at radius 2 is 1.67 bits per heavy atom. The molecule has 0 unspecified atom stereocenters. The van der Waals surface area contributed by atoms with E-state index in [2.05, 4.69) is 11.9 Å². The highest BCUT2D eigenvalue weighted by molar-refractivity contribution is 5.50. The second-order valence-electron chi connectivity index (χ2n) is 4.39. The second kappa shape index (κ2) is 10.1. The SMILES string of the molecule is C=CCCOCCNCc1cc(OC)c(OC)cc1OC. The average molecular weight is 295 g/mol. The van der Waals surface area contributed by atoms with E-state index in [-0.39, 0.29) is 0 Å². The molecule has 0 heterocycles. The standard InChI is InChI=1S/C16H25NO4/c1-5-6-8-21-9-7-17-12-13-10-15(19-3)16(20-4)11-14(13)18-2/h5,10-11,17H,1,6-9,12H2,2-4H3. The largest absolute Gasteiger partial charge is 0.496 e. The minimum atomic E-state index is 0.658. The van der Waals surface area contributed by atoms with Crippen molar-refractivity contribution in [2.24, 2.45) is 0 Å². The molecule has 21 heavy (non-hydrogen) atoms. The maximum absolute atomic E-state index is 5.44. The van der Waals surface area contributed by atoms with Gasteiger partial charge in [0.15, 0.2) is 11.5 Å². The van der Waals surface area contributed by atoms with Gasteiger partial charge in [0.2, 0.25) is 0 Å². The van der Waals surface area contributed by atoms with Crippen LogP contribution in [0.1, 0.15) is 12.0 Å². The number of methoxy groups -OCH3 is 3. The summed E-state index contributed by atoms with van der Waals surface area (Å²) >= 11 is 0. The van der Waals surface area contributed by atoms with Gasteiger partial charge in [0.1, 0.15) is 5.75 Å². The third-order valence-electron chi connectivity index (χ3n) is 2.99. The zero-order valence-corrected chi connectivity index (χ0v) is 13.1. The molecule has 0 amide bonds. The maximum atomic E-state index is 5.44. The van der Waals surface area contributed by atoms with Gasteiger partial charge in [0, 0.05) is 24.7 Å². The lowest BCUT2D eigenvalue weighted by atomic mass is 10.1. The molecule has 1 N–H and O–H groups in total. The Morgan fingerprint density at radius 3 is 2.29 bits per heavy atom. The van der Waals surface area contributed by atoms with E-state index in [4.69, 9.17) is 18.9 Å². The Bertz CT molecular complexity index is 435. The Morgan fingerprint density at radius 1 is 1.00 bits per heavy atom. The molecular weight excluding hydrogens is 270 g/mol. The summed E-state index contributed by atoms with van der Waals surface area (Å²) in [5.74, 6) is 2.12. The van der Waals surface area contributed by atoms with E-state index in [1.54, 1.807) is 21.3 Å². The van der Waals surface area contributed by atoms with Gasteiger partial charge < -0.3 is 24.3 Å². The molecule has 5 heteroatoms. The zero-order valence-electron chi connectivity index (χ0n) is 13.1. The Kier molecular flexibility index (Phi) is 8.31. The lowest BCUT2D eigenvalue weighted by Gasteiger charge is -2.14. The summed E-state index contributed by atoms with van der Waals surface area (Å²) in [5, 5.41) is 3.31. The summed E-state index contributed by atoms with van der Waals surface area (Å²) in [5.41, 5.74) is 1.02. The first-order valence-electron chi connectivity index (χ1n) is 6.95. The molecule has 0 aliphatic rings. The highest BCUT2D eigenvalue weighted by atomic mass is 16.5. The van der Waals surface area contributed by atoms with Gasteiger partial charge in [0.05, 0.1) is 34.5 Å². The Balaban J connectivity index is 2.51.